The van der Waals surface area contributed by atoms with Gasteiger partial charge in [0.05, 0.1) is 0 Å². The Labute approximate surface area is 107 Å². The van der Waals surface area contributed by atoms with E-state index in [2.05, 4.69) is 13.0 Å². The molecule has 0 saturated heterocycles. The van der Waals surface area contributed by atoms with Crippen molar-refractivity contribution in [3.8, 4) is 17.0 Å². The van der Waals surface area contributed by atoms with Gasteiger partial charge in [0.25, 0.3) is 0 Å². The second-order valence-corrected chi connectivity index (χ2v) is 4.68. The monoisotopic (exact) mass is 238 g/mol. The Morgan fingerprint density at radius 1 is 1.00 bits per heavy atom. The summed E-state index contributed by atoms with van der Waals surface area (Å²) in [5.41, 5.74) is 2.96. The van der Waals surface area contributed by atoms with E-state index < -0.39 is 0 Å². The van der Waals surface area contributed by atoms with E-state index in [0.717, 1.165) is 36.0 Å². The van der Waals surface area contributed by atoms with Crippen LogP contribution in [0.25, 0.3) is 22.0 Å². The predicted octanol–water partition coefficient (Wildman–Crippen LogP) is 3.62. The number of aryl methyl sites for hydroxylation is 1. The molecule has 1 heterocycles. The third kappa shape index (κ3) is 1.57. The maximum Gasteiger partial charge on any atom is 0.0481 e. The van der Waals surface area contributed by atoms with Crippen LogP contribution in [0.4, 0.5) is 0 Å². The van der Waals surface area contributed by atoms with E-state index in [9.17, 15) is 5.11 Å². The summed E-state index contributed by atoms with van der Waals surface area (Å²) >= 11 is 0. The van der Waals surface area contributed by atoms with Gasteiger partial charge in [-0.3, -0.25) is 0 Å². The van der Waals surface area contributed by atoms with Crippen molar-refractivity contribution in [1.29, 1.82) is 0 Å². The van der Waals surface area contributed by atoms with Crippen LogP contribution in [-0.2, 0) is 6.54 Å². The molecule has 0 bridgehead atoms. The van der Waals surface area contributed by atoms with Crippen LogP contribution in [0.15, 0.2) is 42.5 Å². The minimum absolute atomic E-state index is 0.141. The molecule has 3 rings (SSSR count). The van der Waals surface area contributed by atoms with Gasteiger partial charge in [-0.25, -0.2) is 0 Å². The number of nitrogens with zero attached hydrogens (tertiary/aromatic N) is 1. The SMILES string of the molecule is CCCCn1c([O-])c2cccc-2c2ccccc21. The van der Waals surface area contributed by atoms with Crippen molar-refractivity contribution in [2.24, 2.45) is 0 Å². The van der Waals surface area contributed by atoms with Gasteiger partial charge in [0, 0.05) is 17.4 Å². The molecule has 2 nitrogen and oxygen atoms in total. The minimum Gasteiger partial charge on any atom is -0.860 e. The lowest BCUT2D eigenvalue weighted by molar-refractivity contribution is -0.278. The van der Waals surface area contributed by atoms with Crippen LogP contribution in [0.3, 0.4) is 0 Å². The van der Waals surface area contributed by atoms with Gasteiger partial charge in [0.2, 0.25) is 0 Å². The van der Waals surface area contributed by atoms with Crippen molar-refractivity contribution in [1.82, 2.24) is 4.57 Å². The summed E-state index contributed by atoms with van der Waals surface area (Å²) in [4.78, 5) is 0. The molecule has 0 aromatic heterocycles. The number of fused-ring (bicyclic) bond motifs is 3. The fraction of sp³-hybridized carbons (Fsp3) is 0.250. The first-order chi connectivity index (χ1) is 8.83. The van der Waals surface area contributed by atoms with Crippen molar-refractivity contribution in [2.75, 3.05) is 0 Å². The fourth-order valence-electron chi connectivity index (χ4n) is 2.57. The highest BCUT2D eigenvalue weighted by Gasteiger charge is 2.11. The molecule has 18 heavy (non-hydrogen) atoms. The van der Waals surface area contributed by atoms with Gasteiger partial charge in [-0.15, -0.1) is 0 Å². The van der Waals surface area contributed by atoms with Crippen LogP contribution in [0.1, 0.15) is 19.8 Å². The zero-order chi connectivity index (χ0) is 12.5. The molecule has 0 N–H and O–H groups in total. The predicted molar refractivity (Wildman–Crippen MR) is 72.9 cm³/mol. The van der Waals surface area contributed by atoms with E-state index in [1.807, 2.05) is 41.0 Å². The fourth-order valence-corrected chi connectivity index (χ4v) is 2.57. The standard InChI is InChI=1S/C16H17NO/c1-2-3-11-17-15-10-5-4-7-13(15)12-8-6-9-14(12)16(17)18/h4-10,18H,2-3,11H2,1H3/p-1. The molecule has 0 fully saturated rings. The second-order valence-electron chi connectivity index (χ2n) is 4.68. The Morgan fingerprint density at radius 3 is 2.61 bits per heavy atom. The molecular formula is C16H16NO-. The van der Waals surface area contributed by atoms with Crippen LogP contribution in [-0.4, -0.2) is 4.57 Å². The highest BCUT2D eigenvalue weighted by atomic mass is 16.3. The van der Waals surface area contributed by atoms with Gasteiger partial charge in [-0.05, 0) is 29.5 Å². The van der Waals surface area contributed by atoms with E-state index in [1.54, 1.807) is 0 Å². The lowest BCUT2D eigenvalue weighted by Crippen LogP contribution is -2.10. The summed E-state index contributed by atoms with van der Waals surface area (Å²) in [6.45, 7) is 2.95. The molecule has 0 spiro atoms. The molecule has 1 aliphatic carbocycles. The topological polar surface area (TPSA) is 28.0 Å². The zero-order valence-electron chi connectivity index (χ0n) is 10.5. The summed E-state index contributed by atoms with van der Waals surface area (Å²) in [6, 6.07) is 14.1. The van der Waals surface area contributed by atoms with Gasteiger partial charge in [0.15, 0.2) is 0 Å². The lowest BCUT2D eigenvalue weighted by atomic mass is 10.0. The molecule has 92 valence electrons. The first kappa shape index (κ1) is 11.1. The number of aromatic nitrogens is 1. The number of hydrogen-bond acceptors (Lipinski definition) is 1. The summed E-state index contributed by atoms with van der Waals surface area (Å²) in [5.74, 6) is 0.141. The van der Waals surface area contributed by atoms with Crippen LogP contribution in [0, 0.1) is 0 Å². The molecule has 2 heteroatoms. The van der Waals surface area contributed by atoms with E-state index in [-0.39, 0.29) is 5.88 Å². The van der Waals surface area contributed by atoms with Crippen LogP contribution in [0.5, 0.6) is 5.88 Å². The Bertz CT molecular complexity index is 654. The summed E-state index contributed by atoms with van der Waals surface area (Å²) < 4.78 is 1.92. The molecule has 0 unspecified atom stereocenters. The molecule has 2 aliphatic rings. The highest BCUT2D eigenvalue weighted by Crippen LogP contribution is 2.37. The first-order valence-corrected chi connectivity index (χ1v) is 6.50. The second kappa shape index (κ2) is 4.37. The molecule has 0 amide bonds. The van der Waals surface area contributed by atoms with Crippen molar-refractivity contribution < 1.29 is 5.11 Å². The van der Waals surface area contributed by atoms with E-state index in [4.69, 9.17) is 0 Å². The average Bonchev–Trinajstić information content (AvgIpc) is 2.88. The number of pyridine rings is 1. The minimum atomic E-state index is 0.141. The number of benzene rings is 1. The Hall–Kier alpha value is -1.96. The Balaban J connectivity index is 2.34. The molecular weight excluding hydrogens is 222 g/mol. The molecule has 1 aliphatic heterocycles. The molecule has 1 aromatic rings. The normalized spacial score (nSPS) is 11.4. The Morgan fingerprint density at radius 2 is 1.78 bits per heavy atom. The van der Waals surface area contributed by atoms with Gasteiger partial charge in [0.1, 0.15) is 0 Å². The number of unbranched alkanes of at least 4 members (excludes halogenated alkanes) is 1. The summed E-state index contributed by atoms with van der Waals surface area (Å²) in [7, 11) is 0. The maximum atomic E-state index is 12.5. The van der Waals surface area contributed by atoms with E-state index in [0.29, 0.717) is 0 Å². The van der Waals surface area contributed by atoms with Gasteiger partial charge >= 0.3 is 0 Å². The van der Waals surface area contributed by atoms with Crippen molar-refractivity contribution >= 4 is 10.9 Å². The van der Waals surface area contributed by atoms with Crippen LogP contribution >= 0.6 is 0 Å². The largest absolute Gasteiger partial charge is 0.860 e. The average molecular weight is 238 g/mol. The van der Waals surface area contributed by atoms with Gasteiger partial charge in [-0.2, -0.15) is 0 Å². The smallest absolute Gasteiger partial charge is 0.0481 e. The molecule has 1 aromatic carbocycles. The highest BCUT2D eigenvalue weighted by molar-refractivity contribution is 5.98. The Kier molecular flexibility index (Phi) is 2.71. The quantitative estimate of drug-likeness (QED) is 0.685. The zero-order valence-corrected chi connectivity index (χ0v) is 10.5. The van der Waals surface area contributed by atoms with Crippen LogP contribution < -0.4 is 5.11 Å². The maximum absolute atomic E-state index is 12.5. The van der Waals surface area contributed by atoms with Crippen molar-refractivity contribution in [3.05, 3.63) is 42.5 Å². The number of hydrogen-bond donors (Lipinski definition) is 0. The summed E-state index contributed by atoms with van der Waals surface area (Å²) in [6.07, 6.45) is 2.13. The summed E-state index contributed by atoms with van der Waals surface area (Å²) in [5, 5.41) is 13.6. The first-order valence-electron chi connectivity index (χ1n) is 6.50. The van der Waals surface area contributed by atoms with Gasteiger partial charge in [-0.1, -0.05) is 49.7 Å². The molecule has 0 atom stereocenters. The molecule has 0 radical (unpaired) electrons. The van der Waals surface area contributed by atoms with E-state index in [1.165, 1.54) is 5.39 Å². The number of rotatable bonds is 3. The van der Waals surface area contributed by atoms with Crippen molar-refractivity contribution in [3.63, 3.8) is 0 Å². The third-order valence-corrected chi connectivity index (χ3v) is 3.51. The molecule has 0 saturated carbocycles. The van der Waals surface area contributed by atoms with E-state index >= 15 is 0 Å². The third-order valence-electron chi connectivity index (χ3n) is 3.51. The van der Waals surface area contributed by atoms with Crippen LogP contribution in [0.2, 0.25) is 0 Å². The van der Waals surface area contributed by atoms with Crippen molar-refractivity contribution in [2.45, 2.75) is 26.3 Å². The lowest BCUT2D eigenvalue weighted by Gasteiger charge is -2.25. The van der Waals surface area contributed by atoms with Gasteiger partial charge < -0.3 is 9.67 Å². The number of para-hydroxylation sites is 1.